The maximum absolute atomic E-state index is 12.0. The number of hydrazine groups is 1. The standard InChI is InChI=1S/C23H40N2O2/c1-2-3-4-5-6-7-8-9-10-11-12-13-14-18-21-27-25(24)23(26)22-19-16-15-17-20-22/h15-17,19-20H,2-14,18,21,24H2,1H3. The zero-order chi connectivity index (χ0) is 19.6. The molecule has 0 fully saturated rings. The van der Waals surface area contributed by atoms with Gasteiger partial charge in [-0.1, -0.05) is 109 Å². The molecule has 0 aliphatic heterocycles. The Morgan fingerprint density at radius 3 is 1.70 bits per heavy atom. The fraction of sp³-hybridized carbons (Fsp3) is 0.696. The topological polar surface area (TPSA) is 55.6 Å². The second-order valence-corrected chi connectivity index (χ2v) is 7.43. The van der Waals surface area contributed by atoms with Gasteiger partial charge in [0.05, 0.1) is 6.61 Å². The van der Waals surface area contributed by atoms with E-state index in [1.165, 1.54) is 77.0 Å². The Kier molecular flexibility index (Phi) is 14.7. The van der Waals surface area contributed by atoms with Crippen LogP contribution in [-0.2, 0) is 4.84 Å². The maximum Gasteiger partial charge on any atom is 0.292 e. The van der Waals surface area contributed by atoms with E-state index in [1.54, 1.807) is 12.1 Å². The van der Waals surface area contributed by atoms with E-state index < -0.39 is 0 Å². The number of benzene rings is 1. The molecule has 27 heavy (non-hydrogen) atoms. The molecule has 0 saturated heterocycles. The number of rotatable bonds is 17. The van der Waals surface area contributed by atoms with Crippen molar-refractivity contribution in [2.75, 3.05) is 6.61 Å². The lowest BCUT2D eigenvalue weighted by molar-refractivity contribution is -0.126. The van der Waals surface area contributed by atoms with Crippen molar-refractivity contribution < 1.29 is 9.63 Å². The Hall–Kier alpha value is -1.39. The molecule has 1 rings (SSSR count). The fourth-order valence-corrected chi connectivity index (χ4v) is 3.23. The highest BCUT2D eigenvalue weighted by Gasteiger charge is 2.12. The lowest BCUT2D eigenvalue weighted by Gasteiger charge is -2.15. The van der Waals surface area contributed by atoms with Crippen LogP contribution in [0.15, 0.2) is 30.3 Å². The number of hydrogen-bond acceptors (Lipinski definition) is 3. The molecular weight excluding hydrogens is 336 g/mol. The van der Waals surface area contributed by atoms with Crippen LogP contribution in [0.1, 0.15) is 107 Å². The molecule has 0 bridgehead atoms. The zero-order valence-corrected chi connectivity index (χ0v) is 17.3. The summed E-state index contributed by atoms with van der Waals surface area (Å²) in [5.41, 5.74) is 0.543. The van der Waals surface area contributed by atoms with Gasteiger partial charge in [0.2, 0.25) is 0 Å². The van der Waals surface area contributed by atoms with E-state index in [1.807, 2.05) is 18.2 Å². The van der Waals surface area contributed by atoms with Crippen molar-refractivity contribution in [1.29, 1.82) is 0 Å². The van der Waals surface area contributed by atoms with Crippen molar-refractivity contribution >= 4 is 5.91 Å². The minimum atomic E-state index is -0.305. The molecule has 2 N–H and O–H groups in total. The van der Waals surface area contributed by atoms with Crippen molar-refractivity contribution in [2.45, 2.75) is 96.8 Å². The number of hydroxylamine groups is 1. The van der Waals surface area contributed by atoms with Gasteiger partial charge in [0.15, 0.2) is 0 Å². The van der Waals surface area contributed by atoms with Crippen LogP contribution < -0.4 is 5.84 Å². The number of carbonyl (C=O) groups excluding carboxylic acids is 1. The molecule has 0 unspecified atom stereocenters. The lowest BCUT2D eigenvalue weighted by atomic mass is 10.0. The first kappa shape index (κ1) is 23.6. The molecule has 0 saturated carbocycles. The van der Waals surface area contributed by atoms with E-state index in [9.17, 15) is 4.79 Å². The van der Waals surface area contributed by atoms with Crippen molar-refractivity contribution in [3.05, 3.63) is 35.9 Å². The number of hydrogen-bond donors (Lipinski definition) is 1. The summed E-state index contributed by atoms with van der Waals surface area (Å²) in [6.07, 6.45) is 18.5. The summed E-state index contributed by atoms with van der Waals surface area (Å²) in [6.45, 7) is 2.76. The molecule has 154 valence electrons. The minimum absolute atomic E-state index is 0.305. The van der Waals surface area contributed by atoms with Crippen molar-refractivity contribution in [3.8, 4) is 0 Å². The van der Waals surface area contributed by atoms with Crippen LogP contribution in [0, 0.1) is 0 Å². The molecule has 4 nitrogen and oxygen atoms in total. The summed E-state index contributed by atoms with van der Waals surface area (Å²) < 4.78 is 0. The minimum Gasteiger partial charge on any atom is -0.265 e. The van der Waals surface area contributed by atoms with Crippen LogP contribution in [0.5, 0.6) is 0 Å². The molecule has 1 aromatic rings. The van der Waals surface area contributed by atoms with Crippen molar-refractivity contribution in [1.82, 2.24) is 5.17 Å². The third-order valence-corrected chi connectivity index (χ3v) is 4.95. The molecule has 0 spiro atoms. The molecular formula is C23H40N2O2. The van der Waals surface area contributed by atoms with Crippen LogP contribution >= 0.6 is 0 Å². The average Bonchev–Trinajstić information content (AvgIpc) is 2.70. The van der Waals surface area contributed by atoms with Crippen LogP contribution in [0.25, 0.3) is 0 Å². The highest BCUT2D eigenvalue weighted by atomic mass is 16.7. The van der Waals surface area contributed by atoms with Gasteiger partial charge >= 0.3 is 0 Å². The van der Waals surface area contributed by atoms with Gasteiger partial charge in [-0.05, 0) is 18.6 Å². The number of nitrogens with two attached hydrogens (primary N) is 1. The summed E-state index contributed by atoms with van der Waals surface area (Å²) in [5.74, 6) is 5.36. The van der Waals surface area contributed by atoms with Gasteiger partial charge in [-0.15, -0.1) is 5.17 Å². The van der Waals surface area contributed by atoms with Gasteiger partial charge in [0.1, 0.15) is 0 Å². The Balaban J connectivity index is 1.84. The van der Waals surface area contributed by atoms with Crippen LogP contribution in [0.3, 0.4) is 0 Å². The molecule has 0 aromatic heterocycles. The number of amides is 1. The Bertz CT molecular complexity index is 465. The van der Waals surface area contributed by atoms with Gasteiger partial charge in [0.25, 0.3) is 5.91 Å². The summed E-state index contributed by atoms with van der Waals surface area (Å²) in [7, 11) is 0. The van der Waals surface area contributed by atoms with E-state index in [-0.39, 0.29) is 5.91 Å². The van der Waals surface area contributed by atoms with Gasteiger partial charge in [-0.3, -0.25) is 9.63 Å². The maximum atomic E-state index is 12.0. The molecule has 0 heterocycles. The number of nitrogens with zero attached hydrogens (tertiary/aromatic N) is 1. The molecule has 0 radical (unpaired) electrons. The normalized spacial score (nSPS) is 10.9. The number of unbranched alkanes of at least 4 members (excludes halogenated alkanes) is 13. The smallest absolute Gasteiger partial charge is 0.265 e. The van der Waals surface area contributed by atoms with Crippen LogP contribution in [0.4, 0.5) is 0 Å². The van der Waals surface area contributed by atoms with Gasteiger partial charge in [0, 0.05) is 5.56 Å². The third kappa shape index (κ3) is 12.6. The second kappa shape index (κ2) is 16.8. The van der Waals surface area contributed by atoms with E-state index in [2.05, 4.69) is 6.92 Å². The molecule has 1 aromatic carbocycles. The van der Waals surface area contributed by atoms with E-state index >= 15 is 0 Å². The summed E-state index contributed by atoms with van der Waals surface area (Å²) in [5, 5.41) is 0.859. The largest absolute Gasteiger partial charge is 0.292 e. The summed E-state index contributed by atoms with van der Waals surface area (Å²) in [6, 6.07) is 8.96. The first-order valence-corrected chi connectivity index (χ1v) is 11.0. The average molecular weight is 377 g/mol. The van der Waals surface area contributed by atoms with E-state index in [0.29, 0.717) is 12.2 Å². The SMILES string of the molecule is CCCCCCCCCCCCCCCCON(N)C(=O)c1ccccc1. The Labute approximate surface area is 166 Å². The van der Waals surface area contributed by atoms with Gasteiger partial charge in [-0.25, -0.2) is 5.84 Å². The number of carbonyl (C=O) groups is 1. The summed E-state index contributed by atoms with van der Waals surface area (Å²) in [4.78, 5) is 17.3. The van der Waals surface area contributed by atoms with Crippen molar-refractivity contribution in [3.63, 3.8) is 0 Å². The molecule has 0 aliphatic rings. The molecule has 0 atom stereocenters. The summed E-state index contributed by atoms with van der Waals surface area (Å²) >= 11 is 0. The molecule has 0 aliphatic carbocycles. The van der Waals surface area contributed by atoms with Gasteiger partial charge in [-0.2, -0.15) is 0 Å². The predicted molar refractivity (Wildman–Crippen MR) is 113 cm³/mol. The zero-order valence-electron chi connectivity index (χ0n) is 17.3. The Morgan fingerprint density at radius 2 is 1.22 bits per heavy atom. The highest BCUT2D eigenvalue weighted by molar-refractivity contribution is 5.93. The third-order valence-electron chi connectivity index (χ3n) is 4.95. The van der Waals surface area contributed by atoms with Crippen LogP contribution in [-0.4, -0.2) is 17.7 Å². The second-order valence-electron chi connectivity index (χ2n) is 7.43. The first-order chi connectivity index (χ1) is 13.3. The lowest BCUT2D eigenvalue weighted by Crippen LogP contribution is -2.37. The highest BCUT2D eigenvalue weighted by Crippen LogP contribution is 2.13. The van der Waals surface area contributed by atoms with Crippen LogP contribution in [0.2, 0.25) is 0 Å². The first-order valence-electron chi connectivity index (χ1n) is 11.0. The molecule has 4 heteroatoms. The quantitative estimate of drug-likeness (QED) is 0.148. The van der Waals surface area contributed by atoms with E-state index in [0.717, 1.165) is 18.0 Å². The van der Waals surface area contributed by atoms with Gasteiger partial charge < -0.3 is 0 Å². The Morgan fingerprint density at radius 1 is 0.778 bits per heavy atom. The monoisotopic (exact) mass is 376 g/mol. The molecule has 1 amide bonds. The predicted octanol–water partition coefficient (Wildman–Crippen LogP) is 6.42. The van der Waals surface area contributed by atoms with E-state index in [4.69, 9.17) is 10.7 Å². The fourth-order valence-electron chi connectivity index (χ4n) is 3.23. The van der Waals surface area contributed by atoms with Crippen molar-refractivity contribution in [2.24, 2.45) is 5.84 Å².